The molecule has 0 aliphatic heterocycles. The van der Waals surface area contributed by atoms with Crippen LogP contribution in [0.2, 0.25) is 0 Å². The molecule has 24 heavy (non-hydrogen) atoms. The lowest BCUT2D eigenvalue weighted by Crippen LogP contribution is -2.30. The predicted octanol–water partition coefficient (Wildman–Crippen LogP) is 3.56. The minimum Gasteiger partial charge on any atom is -0.497 e. The highest BCUT2D eigenvalue weighted by Crippen LogP contribution is 2.28. The van der Waals surface area contributed by atoms with E-state index in [0.29, 0.717) is 36.4 Å². The van der Waals surface area contributed by atoms with Crippen molar-refractivity contribution < 1.29 is 19.0 Å². The fraction of sp³-hybridized carbons (Fsp3) is 0.611. The maximum absolute atomic E-state index is 12.0. The molecule has 0 heterocycles. The third-order valence-corrected chi connectivity index (χ3v) is 4.17. The molecule has 6 heteroatoms. The van der Waals surface area contributed by atoms with Gasteiger partial charge in [0.15, 0.2) is 0 Å². The van der Waals surface area contributed by atoms with Crippen molar-refractivity contribution in [2.45, 2.75) is 44.6 Å². The highest BCUT2D eigenvalue weighted by molar-refractivity contribution is 5.91. The number of amides is 2. The summed E-state index contributed by atoms with van der Waals surface area (Å²) in [6.45, 7) is 1.27. The minimum absolute atomic E-state index is 0.254. The summed E-state index contributed by atoms with van der Waals surface area (Å²) in [5.74, 6) is 1.24. The van der Waals surface area contributed by atoms with Crippen molar-refractivity contribution in [1.82, 2.24) is 5.32 Å². The molecular weight excluding hydrogens is 308 g/mol. The van der Waals surface area contributed by atoms with Gasteiger partial charge in [-0.3, -0.25) is 0 Å². The molecule has 1 aromatic carbocycles. The Kier molecular flexibility index (Phi) is 7.68. The fourth-order valence-electron chi connectivity index (χ4n) is 2.82. The Morgan fingerprint density at radius 1 is 1.17 bits per heavy atom. The molecular formula is C18H28N2O4. The van der Waals surface area contributed by atoms with Crippen molar-refractivity contribution in [3.05, 3.63) is 18.2 Å². The Bertz CT molecular complexity index is 516. The van der Waals surface area contributed by atoms with Crippen LogP contribution in [0.4, 0.5) is 10.5 Å². The van der Waals surface area contributed by atoms with Crippen molar-refractivity contribution in [3.8, 4) is 11.5 Å². The molecule has 2 amide bonds. The van der Waals surface area contributed by atoms with Gasteiger partial charge in [0.05, 0.1) is 26.0 Å². The summed E-state index contributed by atoms with van der Waals surface area (Å²) < 4.78 is 16.2. The number of benzene rings is 1. The van der Waals surface area contributed by atoms with Gasteiger partial charge in [0.2, 0.25) is 0 Å². The molecule has 134 valence electrons. The number of methoxy groups -OCH3 is 2. The second-order valence-electron chi connectivity index (χ2n) is 5.93. The van der Waals surface area contributed by atoms with Gasteiger partial charge in [-0.25, -0.2) is 4.79 Å². The monoisotopic (exact) mass is 336 g/mol. The van der Waals surface area contributed by atoms with Crippen LogP contribution in [0.1, 0.15) is 38.5 Å². The Morgan fingerprint density at radius 2 is 1.96 bits per heavy atom. The smallest absolute Gasteiger partial charge is 0.319 e. The molecule has 0 aromatic heterocycles. The highest BCUT2D eigenvalue weighted by atomic mass is 16.5. The fourth-order valence-corrected chi connectivity index (χ4v) is 2.82. The average molecular weight is 336 g/mol. The lowest BCUT2D eigenvalue weighted by atomic mass is 9.98. The van der Waals surface area contributed by atoms with Crippen LogP contribution >= 0.6 is 0 Å². The van der Waals surface area contributed by atoms with Gasteiger partial charge in [-0.05, 0) is 31.4 Å². The number of rotatable bonds is 8. The van der Waals surface area contributed by atoms with Crippen LogP contribution < -0.4 is 20.1 Å². The van der Waals surface area contributed by atoms with Gasteiger partial charge in [0.25, 0.3) is 0 Å². The van der Waals surface area contributed by atoms with Crippen LogP contribution in [0.25, 0.3) is 0 Å². The number of hydrogen-bond acceptors (Lipinski definition) is 4. The summed E-state index contributed by atoms with van der Waals surface area (Å²) in [6, 6.07) is 5.00. The van der Waals surface area contributed by atoms with E-state index in [1.807, 2.05) is 0 Å². The highest BCUT2D eigenvalue weighted by Gasteiger charge is 2.13. The number of carbonyl (C=O) groups is 1. The third-order valence-electron chi connectivity index (χ3n) is 4.17. The van der Waals surface area contributed by atoms with E-state index in [9.17, 15) is 4.79 Å². The number of ether oxygens (including phenoxy) is 3. The second kappa shape index (κ2) is 10.0. The Hall–Kier alpha value is -1.95. The van der Waals surface area contributed by atoms with E-state index in [4.69, 9.17) is 14.2 Å². The zero-order chi connectivity index (χ0) is 17.2. The second-order valence-corrected chi connectivity index (χ2v) is 5.93. The van der Waals surface area contributed by atoms with E-state index in [1.165, 1.54) is 32.1 Å². The van der Waals surface area contributed by atoms with Gasteiger partial charge in [0.1, 0.15) is 11.5 Å². The van der Waals surface area contributed by atoms with Crippen LogP contribution in [0.5, 0.6) is 11.5 Å². The zero-order valence-electron chi connectivity index (χ0n) is 14.6. The van der Waals surface area contributed by atoms with E-state index < -0.39 is 0 Å². The van der Waals surface area contributed by atoms with Crippen molar-refractivity contribution in [2.75, 3.05) is 32.7 Å². The molecule has 1 aliphatic carbocycles. The normalized spacial score (nSPS) is 14.9. The van der Waals surface area contributed by atoms with E-state index in [-0.39, 0.29) is 6.03 Å². The first-order valence-electron chi connectivity index (χ1n) is 8.61. The number of urea groups is 1. The average Bonchev–Trinajstić information content (AvgIpc) is 2.62. The van der Waals surface area contributed by atoms with E-state index in [1.54, 1.807) is 32.4 Å². The van der Waals surface area contributed by atoms with Gasteiger partial charge in [-0.2, -0.15) is 0 Å². The van der Waals surface area contributed by atoms with Gasteiger partial charge in [-0.15, -0.1) is 0 Å². The van der Waals surface area contributed by atoms with Gasteiger partial charge < -0.3 is 24.8 Å². The lowest BCUT2D eigenvalue weighted by Gasteiger charge is -2.21. The molecule has 0 atom stereocenters. The summed E-state index contributed by atoms with van der Waals surface area (Å²) in [6.07, 6.45) is 7.44. The molecule has 2 N–H and O–H groups in total. The summed E-state index contributed by atoms with van der Waals surface area (Å²) in [7, 11) is 3.14. The molecule has 0 unspecified atom stereocenters. The number of carbonyl (C=O) groups excluding carboxylic acids is 1. The number of hydrogen-bond donors (Lipinski definition) is 2. The molecule has 0 radical (unpaired) electrons. The van der Waals surface area contributed by atoms with Crippen LogP contribution in [0.3, 0.4) is 0 Å². The maximum atomic E-state index is 12.0. The Labute approximate surface area is 143 Å². The molecule has 0 spiro atoms. The zero-order valence-corrected chi connectivity index (χ0v) is 14.6. The first-order valence-corrected chi connectivity index (χ1v) is 8.61. The molecule has 6 nitrogen and oxygen atoms in total. The SMILES string of the molecule is COc1ccc(NC(=O)NCCCOC2CCCCC2)c(OC)c1. The maximum Gasteiger partial charge on any atom is 0.319 e. The number of nitrogens with one attached hydrogen (secondary N) is 2. The summed E-state index contributed by atoms with van der Waals surface area (Å²) >= 11 is 0. The number of anilines is 1. The van der Waals surface area contributed by atoms with Crippen LogP contribution in [-0.4, -0.2) is 39.5 Å². The largest absolute Gasteiger partial charge is 0.497 e. The lowest BCUT2D eigenvalue weighted by molar-refractivity contribution is 0.0276. The van der Waals surface area contributed by atoms with Crippen molar-refractivity contribution in [1.29, 1.82) is 0 Å². The molecule has 1 aromatic rings. The summed E-state index contributed by atoms with van der Waals surface area (Å²) in [5, 5.41) is 5.61. The first kappa shape index (κ1) is 18.4. The molecule has 1 saturated carbocycles. The standard InChI is InChI=1S/C18H28N2O4/c1-22-15-9-10-16(17(13-15)23-2)20-18(21)19-11-6-12-24-14-7-4-3-5-8-14/h9-10,13-14H,3-8,11-12H2,1-2H3,(H2,19,20,21). The van der Waals surface area contributed by atoms with Crippen molar-refractivity contribution in [3.63, 3.8) is 0 Å². The van der Waals surface area contributed by atoms with Crippen LogP contribution in [0.15, 0.2) is 18.2 Å². The Morgan fingerprint density at radius 3 is 2.67 bits per heavy atom. The topological polar surface area (TPSA) is 68.8 Å². The predicted molar refractivity (Wildman–Crippen MR) is 94.0 cm³/mol. The molecule has 1 fully saturated rings. The quantitative estimate of drug-likeness (QED) is 0.712. The van der Waals surface area contributed by atoms with Crippen LogP contribution in [0, 0.1) is 0 Å². The van der Waals surface area contributed by atoms with Crippen LogP contribution in [-0.2, 0) is 4.74 Å². The van der Waals surface area contributed by atoms with E-state index in [2.05, 4.69) is 10.6 Å². The van der Waals surface area contributed by atoms with Crippen molar-refractivity contribution in [2.24, 2.45) is 0 Å². The minimum atomic E-state index is -0.254. The molecule has 0 bridgehead atoms. The van der Waals surface area contributed by atoms with E-state index >= 15 is 0 Å². The third kappa shape index (κ3) is 5.92. The molecule has 1 aliphatic rings. The van der Waals surface area contributed by atoms with Gasteiger partial charge in [-0.1, -0.05) is 19.3 Å². The van der Waals surface area contributed by atoms with Gasteiger partial charge in [0, 0.05) is 19.2 Å². The first-order chi connectivity index (χ1) is 11.7. The van der Waals surface area contributed by atoms with E-state index in [0.717, 1.165) is 6.42 Å². The molecule has 0 saturated heterocycles. The summed E-state index contributed by atoms with van der Waals surface area (Å²) in [5.41, 5.74) is 0.606. The Balaban J connectivity index is 1.66. The molecule has 2 rings (SSSR count). The van der Waals surface area contributed by atoms with Gasteiger partial charge >= 0.3 is 6.03 Å². The summed E-state index contributed by atoms with van der Waals surface area (Å²) in [4.78, 5) is 12.0. The van der Waals surface area contributed by atoms with Crippen molar-refractivity contribution >= 4 is 11.7 Å².